The van der Waals surface area contributed by atoms with Crippen LogP contribution < -0.4 is 16.0 Å². The Balaban J connectivity index is 1.16. The lowest BCUT2D eigenvalue weighted by Crippen LogP contribution is -2.30. The molecule has 0 bridgehead atoms. The van der Waals surface area contributed by atoms with Gasteiger partial charge in [-0.15, -0.1) is 34.4 Å². The molecule has 0 fully saturated rings. The minimum Gasteiger partial charge on any atom is -0.321 e. The minimum atomic E-state index is -0.478. The molecule has 0 aliphatic carbocycles. The zero-order chi connectivity index (χ0) is 34.0. The molecule has 2 heterocycles. The number of benzene rings is 4. The van der Waals surface area contributed by atoms with Crippen molar-refractivity contribution in [3.05, 3.63) is 149 Å². The van der Waals surface area contributed by atoms with Crippen LogP contribution in [0.3, 0.4) is 0 Å². The highest BCUT2D eigenvalue weighted by molar-refractivity contribution is 8.00. The Bertz CT molecular complexity index is 2060. The van der Waals surface area contributed by atoms with Crippen LogP contribution in [-0.4, -0.2) is 28.0 Å². The summed E-state index contributed by atoms with van der Waals surface area (Å²) >= 11 is 4.41. The first-order valence-electron chi connectivity index (χ1n) is 15.6. The second kappa shape index (κ2) is 16.2. The molecule has 244 valence electrons. The summed E-state index contributed by atoms with van der Waals surface area (Å²) in [6.07, 6.45) is 2.25. The van der Waals surface area contributed by atoms with Crippen LogP contribution in [0.15, 0.2) is 143 Å². The number of rotatable bonds is 12. The maximum absolute atomic E-state index is 13.7. The summed E-state index contributed by atoms with van der Waals surface area (Å²) in [5, 5.41) is 12.8. The summed E-state index contributed by atoms with van der Waals surface area (Å²) in [4.78, 5) is 46.5. The number of aromatic nitrogens is 1. The first kappa shape index (κ1) is 33.6. The number of thiazole rings is 1. The fraction of sp³-hybridized carbons (Fsp3) is 0.0769. The van der Waals surface area contributed by atoms with Gasteiger partial charge >= 0.3 is 0 Å². The standard InChI is InChI=1S/C39H32N4O3S3/c1-2-34(38(46)43-39-42-33(25-48-39)35-17-10-22-47-35)49-31-16-9-15-30(24-31)40-37(45)32(41-36(44)29-13-7-4-8-14-29)23-26-18-20-28(21-19-26)27-11-5-3-6-12-27/h3-25,34H,2H2,1H3,(H,40,45)(H,41,44)(H,42,43,46)/b32-23+. The first-order chi connectivity index (χ1) is 23.9. The smallest absolute Gasteiger partial charge is 0.272 e. The Morgan fingerprint density at radius 2 is 1.53 bits per heavy atom. The van der Waals surface area contributed by atoms with E-state index in [0.29, 0.717) is 22.8 Å². The molecule has 10 heteroatoms. The Morgan fingerprint density at radius 3 is 2.24 bits per heavy atom. The molecule has 4 aromatic carbocycles. The molecule has 0 saturated carbocycles. The van der Waals surface area contributed by atoms with Crippen molar-refractivity contribution in [2.45, 2.75) is 23.5 Å². The van der Waals surface area contributed by atoms with E-state index in [1.54, 1.807) is 47.7 Å². The third-order valence-corrected chi connectivity index (χ3v) is 10.4. The number of anilines is 2. The third kappa shape index (κ3) is 8.99. The third-order valence-electron chi connectivity index (χ3n) is 7.40. The van der Waals surface area contributed by atoms with Gasteiger partial charge in [-0.2, -0.15) is 0 Å². The number of carbonyl (C=O) groups is 3. The molecule has 0 aliphatic heterocycles. The van der Waals surface area contributed by atoms with Gasteiger partial charge in [-0.25, -0.2) is 4.98 Å². The second-order valence-corrected chi connectivity index (χ2v) is 13.9. The number of thiophene rings is 1. The lowest BCUT2D eigenvalue weighted by molar-refractivity contribution is -0.116. The molecule has 3 N–H and O–H groups in total. The maximum Gasteiger partial charge on any atom is 0.272 e. The Morgan fingerprint density at radius 1 is 0.796 bits per heavy atom. The van der Waals surface area contributed by atoms with Crippen LogP contribution in [0.4, 0.5) is 10.8 Å². The number of hydrogen-bond donors (Lipinski definition) is 3. The number of nitrogens with one attached hydrogen (secondary N) is 3. The topological polar surface area (TPSA) is 100 Å². The number of amides is 3. The van der Waals surface area contributed by atoms with E-state index in [0.717, 1.165) is 32.2 Å². The van der Waals surface area contributed by atoms with E-state index in [-0.39, 0.29) is 16.9 Å². The van der Waals surface area contributed by atoms with Crippen molar-refractivity contribution >= 4 is 69.1 Å². The fourth-order valence-electron chi connectivity index (χ4n) is 4.90. The van der Waals surface area contributed by atoms with Gasteiger partial charge in [0.1, 0.15) is 5.70 Å². The van der Waals surface area contributed by atoms with Gasteiger partial charge in [-0.3, -0.25) is 14.4 Å². The molecule has 6 aromatic rings. The fourth-order valence-corrected chi connectivity index (χ4v) is 7.39. The van der Waals surface area contributed by atoms with Crippen molar-refractivity contribution in [2.24, 2.45) is 0 Å². The monoisotopic (exact) mass is 700 g/mol. The Kier molecular flexibility index (Phi) is 11.1. The lowest BCUT2D eigenvalue weighted by atomic mass is 10.0. The van der Waals surface area contributed by atoms with Crippen molar-refractivity contribution < 1.29 is 14.4 Å². The van der Waals surface area contributed by atoms with Crippen molar-refractivity contribution in [1.82, 2.24) is 10.3 Å². The van der Waals surface area contributed by atoms with Crippen molar-refractivity contribution in [2.75, 3.05) is 10.6 Å². The summed E-state index contributed by atoms with van der Waals surface area (Å²) in [7, 11) is 0. The molecule has 1 atom stereocenters. The van der Waals surface area contributed by atoms with E-state index in [1.807, 2.05) is 109 Å². The predicted molar refractivity (Wildman–Crippen MR) is 203 cm³/mol. The predicted octanol–water partition coefficient (Wildman–Crippen LogP) is 9.46. The lowest BCUT2D eigenvalue weighted by Gasteiger charge is -2.15. The Labute approximate surface area is 297 Å². The van der Waals surface area contributed by atoms with Crippen LogP contribution in [-0.2, 0) is 9.59 Å². The summed E-state index contributed by atoms with van der Waals surface area (Å²) in [5.74, 6) is -1.01. The van der Waals surface area contributed by atoms with Crippen molar-refractivity contribution in [1.29, 1.82) is 0 Å². The van der Waals surface area contributed by atoms with Gasteiger partial charge in [-0.1, -0.05) is 91.9 Å². The SMILES string of the molecule is CCC(Sc1cccc(NC(=O)/C(=C\c2ccc(-c3ccccc3)cc2)NC(=O)c2ccccc2)c1)C(=O)Nc1nc(-c2cccs2)cs1. The van der Waals surface area contributed by atoms with Gasteiger partial charge in [-0.05, 0) is 71.0 Å². The van der Waals surface area contributed by atoms with Crippen LogP contribution >= 0.6 is 34.4 Å². The summed E-state index contributed by atoms with van der Waals surface area (Å²) in [6, 6.07) is 37.8. The molecule has 0 radical (unpaired) electrons. The van der Waals surface area contributed by atoms with E-state index in [4.69, 9.17) is 0 Å². The molecular formula is C39H32N4O3S3. The molecular weight excluding hydrogens is 669 g/mol. The zero-order valence-corrected chi connectivity index (χ0v) is 28.9. The highest BCUT2D eigenvalue weighted by Gasteiger charge is 2.21. The molecule has 7 nitrogen and oxygen atoms in total. The summed E-state index contributed by atoms with van der Waals surface area (Å²) in [5.41, 5.74) is 4.78. The minimum absolute atomic E-state index is 0.0931. The van der Waals surface area contributed by atoms with E-state index >= 15 is 0 Å². The summed E-state index contributed by atoms with van der Waals surface area (Å²) < 4.78 is 0. The highest BCUT2D eigenvalue weighted by atomic mass is 32.2. The van der Waals surface area contributed by atoms with Crippen LogP contribution in [0.1, 0.15) is 29.3 Å². The van der Waals surface area contributed by atoms with Gasteiger partial charge in [0.25, 0.3) is 11.8 Å². The maximum atomic E-state index is 13.7. The van der Waals surface area contributed by atoms with Crippen LogP contribution in [0.5, 0.6) is 0 Å². The zero-order valence-electron chi connectivity index (χ0n) is 26.5. The average Bonchev–Trinajstić information content (AvgIpc) is 3.84. The second-order valence-electron chi connectivity index (χ2n) is 10.9. The largest absolute Gasteiger partial charge is 0.321 e. The average molecular weight is 701 g/mol. The molecule has 3 amide bonds. The van der Waals surface area contributed by atoms with Crippen LogP contribution in [0.2, 0.25) is 0 Å². The highest BCUT2D eigenvalue weighted by Crippen LogP contribution is 2.31. The van der Waals surface area contributed by atoms with E-state index in [1.165, 1.54) is 23.1 Å². The van der Waals surface area contributed by atoms with Gasteiger partial charge in [0.05, 0.1) is 15.8 Å². The van der Waals surface area contributed by atoms with E-state index in [2.05, 4.69) is 20.9 Å². The van der Waals surface area contributed by atoms with Crippen LogP contribution in [0.25, 0.3) is 27.8 Å². The van der Waals surface area contributed by atoms with Gasteiger partial charge in [0.15, 0.2) is 5.13 Å². The van der Waals surface area contributed by atoms with Gasteiger partial charge in [0.2, 0.25) is 5.91 Å². The number of thioether (sulfide) groups is 1. The van der Waals surface area contributed by atoms with E-state index < -0.39 is 11.8 Å². The molecule has 0 spiro atoms. The quantitative estimate of drug-likeness (QED) is 0.0873. The number of carbonyl (C=O) groups excluding carboxylic acids is 3. The van der Waals surface area contributed by atoms with Crippen molar-refractivity contribution in [3.63, 3.8) is 0 Å². The molecule has 2 aromatic heterocycles. The molecule has 49 heavy (non-hydrogen) atoms. The molecule has 0 saturated heterocycles. The van der Waals surface area contributed by atoms with Gasteiger partial charge in [0, 0.05) is 21.5 Å². The normalized spacial score (nSPS) is 11.8. The van der Waals surface area contributed by atoms with Gasteiger partial charge < -0.3 is 16.0 Å². The molecule has 6 rings (SSSR count). The molecule has 1 unspecified atom stereocenters. The molecule has 0 aliphatic rings. The first-order valence-corrected chi connectivity index (χ1v) is 18.2. The van der Waals surface area contributed by atoms with E-state index in [9.17, 15) is 14.4 Å². The van der Waals surface area contributed by atoms with Crippen LogP contribution in [0, 0.1) is 0 Å². The summed E-state index contributed by atoms with van der Waals surface area (Å²) in [6.45, 7) is 1.96. The Hall–Kier alpha value is -5.29. The number of nitrogens with zero attached hydrogens (tertiary/aromatic N) is 1. The number of hydrogen-bond acceptors (Lipinski definition) is 7. The van der Waals surface area contributed by atoms with Crippen molar-refractivity contribution in [3.8, 4) is 21.7 Å².